The van der Waals surface area contributed by atoms with Gasteiger partial charge in [-0.3, -0.25) is 0 Å². The van der Waals surface area contributed by atoms with Crippen LogP contribution in [0.2, 0.25) is 5.02 Å². The third-order valence-electron chi connectivity index (χ3n) is 4.26. The molecule has 4 rings (SSSR count). The normalized spacial score (nSPS) is 10.8. The van der Waals surface area contributed by atoms with Crippen LogP contribution in [-0.4, -0.2) is 19.5 Å². The van der Waals surface area contributed by atoms with Crippen LogP contribution in [0.3, 0.4) is 0 Å². The van der Waals surface area contributed by atoms with Crippen LogP contribution in [0.25, 0.3) is 22.6 Å². The number of nitrogens with zero attached hydrogens (tertiary/aromatic N) is 4. The molecule has 0 N–H and O–H groups in total. The summed E-state index contributed by atoms with van der Waals surface area (Å²) in [6, 6.07) is 20.1. The van der Waals surface area contributed by atoms with Gasteiger partial charge in [-0.1, -0.05) is 54.1 Å². The van der Waals surface area contributed by atoms with E-state index >= 15 is 0 Å². The minimum atomic E-state index is 0.709. The van der Waals surface area contributed by atoms with E-state index in [1.54, 1.807) is 12.5 Å². The average molecular weight is 361 g/mol. The third kappa shape index (κ3) is 3.51. The Labute approximate surface area is 157 Å². The number of aromatic nitrogens is 4. The molecule has 0 radical (unpaired) electrons. The van der Waals surface area contributed by atoms with Crippen LogP contribution in [0, 0.1) is 0 Å². The van der Waals surface area contributed by atoms with Crippen LogP contribution in [-0.2, 0) is 13.0 Å². The Hall–Kier alpha value is -2.98. The van der Waals surface area contributed by atoms with Crippen molar-refractivity contribution in [2.75, 3.05) is 0 Å². The van der Waals surface area contributed by atoms with Crippen LogP contribution in [0.5, 0.6) is 0 Å². The molecule has 0 aliphatic carbocycles. The summed E-state index contributed by atoms with van der Waals surface area (Å²) < 4.78 is 2.15. The Kier molecular flexibility index (Phi) is 4.75. The van der Waals surface area contributed by atoms with Gasteiger partial charge in [-0.25, -0.2) is 15.0 Å². The summed E-state index contributed by atoms with van der Waals surface area (Å²) in [6.07, 6.45) is 6.12. The molecular weight excluding hydrogens is 344 g/mol. The van der Waals surface area contributed by atoms with E-state index in [0.717, 1.165) is 35.6 Å². The highest BCUT2D eigenvalue weighted by molar-refractivity contribution is 6.30. The lowest BCUT2D eigenvalue weighted by atomic mass is 10.1. The highest BCUT2D eigenvalue weighted by atomic mass is 35.5. The standard InChI is InChI=1S/C21H17ClN4/c22-18-8-6-17(7-9-18)20-21(19-10-12-23-14-24-19)26(15-25-20)13-11-16-4-2-1-3-5-16/h1-10,12,14-15H,11,13H2. The van der Waals surface area contributed by atoms with Crippen molar-refractivity contribution in [3.63, 3.8) is 0 Å². The van der Waals surface area contributed by atoms with Gasteiger partial charge in [-0.2, -0.15) is 0 Å². The first-order valence-corrected chi connectivity index (χ1v) is 8.80. The Bertz CT molecular complexity index is 980. The monoisotopic (exact) mass is 360 g/mol. The summed E-state index contributed by atoms with van der Waals surface area (Å²) in [6.45, 7) is 0.823. The molecule has 0 fully saturated rings. The lowest BCUT2D eigenvalue weighted by molar-refractivity contribution is 0.700. The van der Waals surface area contributed by atoms with E-state index in [9.17, 15) is 0 Å². The molecule has 0 atom stereocenters. The van der Waals surface area contributed by atoms with E-state index in [4.69, 9.17) is 11.6 Å². The predicted molar refractivity (Wildman–Crippen MR) is 104 cm³/mol. The molecule has 4 nitrogen and oxygen atoms in total. The first-order valence-electron chi connectivity index (χ1n) is 8.42. The van der Waals surface area contributed by atoms with Crippen LogP contribution in [0.15, 0.2) is 79.5 Å². The van der Waals surface area contributed by atoms with Crippen molar-refractivity contribution in [3.8, 4) is 22.6 Å². The van der Waals surface area contributed by atoms with Gasteiger partial charge < -0.3 is 4.57 Å². The Balaban J connectivity index is 1.73. The predicted octanol–water partition coefficient (Wildman–Crippen LogP) is 4.90. The van der Waals surface area contributed by atoms with E-state index in [-0.39, 0.29) is 0 Å². The minimum Gasteiger partial charge on any atom is -0.328 e. The number of aryl methyl sites for hydroxylation is 2. The molecule has 0 saturated heterocycles. The van der Waals surface area contributed by atoms with E-state index < -0.39 is 0 Å². The zero-order chi connectivity index (χ0) is 17.8. The van der Waals surface area contributed by atoms with E-state index in [2.05, 4.69) is 43.8 Å². The van der Waals surface area contributed by atoms with Gasteiger partial charge in [0, 0.05) is 23.3 Å². The minimum absolute atomic E-state index is 0.709. The van der Waals surface area contributed by atoms with E-state index in [1.165, 1.54) is 5.56 Å². The zero-order valence-electron chi connectivity index (χ0n) is 14.1. The summed E-state index contributed by atoms with van der Waals surface area (Å²) >= 11 is 6.03. The van der Waals surface area contributed by atoms with E-state index in [1.807, 2.05) is 42.7 Å². The summed E-state index contributed by atoms with van der Waals surface area (Å²) in [4.78, 5) is 13.1. The smallest absolute Gasteiger partial charge is 0.116 e. The second-order valence-electron chi connectivity index (χ2n) is 5.97. The maximum Gasteiger partial charge on any atom is 0.116 e. The fraction of sp³-hybridized carbons (Fsp3) is 0.0952. The maximum absolute atomic E-state index is 6.03. The van der Waals surface area contributed by atoms with Crippen molar-refractivity contribution in [1.29, 1.82) is 0 Å². The first-order chi connectivity index (χ1) is 12.8. The van der Waals surface area contributed by atoms with Crippen LogP contribution >= 0.6 is 11.6 Å². The molecule has 26 heavy (non-hydrogen) atoms. The lowest BCUT2D eigenvalue weighted by Crippen LogP contribution is -2.03. The van der Waals surface area contributed by atoms with E-state index in [0.29, 0.717) is 5.02 Å². The molecule has 5 heteroatoms. The number of rotatable bonds is 5. The van der Waals surface area contributed by atoms with Crippen molar-refractivity contribution in [3.05, 3.63) is 90.1 Å². The average Bonchev–Trinajstić information content (AvgIpc) is 3.12. The number of benzene rings is 2. The number of imidazole rings is 1. The van der Waals surface area contributed by atoms with Gasteiger partial charge in [-0.05, 0) is 30.2 Å². The summed E-state index contributed by atoms with van der Waals surface area (Å²) in [7, 11) is 0. The first kappa shape index (κ1) is 16.5. The van der Waals surface area contributed by atoms with Gasteiger partial charge in [0.1, 0.15) is 6.33 Å². The van der Waals surface area contributed by atoms with Crippen molar-refractivity contribution < 1.29 is 0 Å². The molecule has 128 valence electrons. The van der Waals surface area contributed by atoms with Crippen LogP contribution in [0.4, 0.5) is 0 Å². The number of hydrogen-bond donors (Lipinski definition) is 0. The Morgan fingerprint density at radius 1 is 0.885 bits per heavy atom. The van der Waals surface area contributed by atoms with Crippen molar-refractivity contribution in [1.82, 2.24) is 19.5 Å². The fourth-order valence-electron chi connectivity index (χ4n) is 2.96. The Morgan fingerprint density at radius 3 is 2.42 bits per heavy atom. The molecule has 0 unspecified atom stereocenters. The van der Waals surface area contributed by atoms with Crippen molar-refractivity contribution in [2.45, 2.75) is 13.0 Å². The third-order valence-corrected chi connectivity index (χ3v) is 4.52. The van der Waals surface area contributed by atoms with Crippen molar-refractivity contribution >= 4 is 11.6 Å². The van der Waals surface area contributed by atoms with Gasteiger partial charge in [0.05, 0.1) is 23.4 Å². The number of halogens is 1. The largest absolute Gasteiger partial charge is 0.328 e. The summed E-state index contributed by atoms with van der Waals surface area (Å²) in [5.74, 6) is 0. The highest BCUT2D eigenvalue weighted by Gasteiger charge is 2.16. The van der Waals surface area contributed by atoms with Gasteiger partial charge in [-0.15, -0.1) is 0 Å². The molecule has 2 aromatic heterocycles. The van der Waals surface area contributed by atoms with Gasteiger partial charge in [0.25, 0.3) is 0 Å². The number of hydrogen-bond acceptors (Lipinski definition) is 3. The topological polar surface area (TPSA) is 43.6 Å². The molecule has 0 bridgehead atoms. The molecule has 4 aromatic rings. The lowest BCUT2D eigenvalue weighted by Gasteiger charge is -2.10. The molecule has 0 aliphatic heterocycles. The Morgan fingerprint density at radius 2 is 1.69 bits per heavy atom. The van der Waals surface area contributed by atoms with Gasteiger partial charge >= 0.3 is 0 Å². The molecule has 2 aromatic carbocycles. The maximum atomic E-state index is 6.03. The molecule has 2 heterocycles. The molecular formula is C21H17ClN4. The molecule has 0 aliphatic rings. The second kappa shape index (κ2) is 7.50. The molecule has 0 saturated carbocycles. The zero-order valence-corrected chi connectivity index (χ0v) is 14.8. The second-order valence-corrected chi connectivity index (χ2v) is 6.41. The van der Waals surface area contributed by atoms with Crippen molar-refractivity contribution in [2.24, 2.45) is 0 Å². The van der Waals surface area contributed by atoms with Crippen LogP contribution < -0.4 is 0 Å². The quantitative estimate of drug-likeness (QED) is 0.508. The molecule has 0 spiro atoms. The fourth-order valence-corrected chi connectivity index (χ4v) is 3.09. The summed E-state index contributed by atoms with van der Waals surface area (Å²) in [5.41, 5.74) is 5.05. The summed E-state index contributed by atoms with van der Waals surface area (Å²) in [5, 5.41) is 0.709. The van der Waals surface area contributed by atoms with Crippen LogP contribution in [0.1, 0.15) is 5.56 Å². The molecule has 0 amide bonds. The van der Waals surface area contributed by atoms with Gasteiger partial charge in [0.2, 0.25) is 0 Å². The highest BCUT2D eigenvalue weighted by Crippen LogP contribution is 2.30. The SMILES string of the molecule is Clc1ccc(-c2ncn(CCc3ccccc3)c2-c2ccncn2)cc1. The van der Waals surface area contributed by atoms with Gasteiger partial charge in [0.15, 0.2) is 0 Å².